The number of hydrogen-bond acceptors (Lipinski definition) is 3. The van der Waals surface area contributed by atoms with E-state index in [1.54, 1.807) is 36.1 Å². The van der Waals surface area contributed by atoms with Crippen LogP contribution >= 0.6 is 11.6 Å². The van der Waals surface area contributed by atoms with E-state index in [4.69, 9.17) is 16.3 Å². The van der Waals surface area contributed by atoms with E-state index in [1.165, 1.54) is 12.1 Å². The third kappa shape index (κ3) is 4.31. The molecule has 1 aliphatic rings. The van der Waals surface area contributed by atoms with Crippen LogP contribution in [0.25, 0.3) is 0 Å². The highest BCUT2D eigenvalue weighted by molar-refractivity contribution is 6.30. The monoisotopic (exact) mass is 405 g/mol. The van der Waals surface area contributed by atoms with Crippen molar-refractivity contribution in [3.8, 4) is 5.75 Å². The van der Waals surface area contributed by atoms with Gasteiger partial charge in [0.2, 0.25) is 5.91 Å². The highest BCUT2D eigenvalue weighted by Gasteiger charge is 2.44. The van der Waals surface area contributed by atoms with Gasteiger partial charge in [0.1, 0.15) is 23.3 Å². The van der Waals surface area contributed by atoms with Crippen molar-refractivity contribution in [1.29, 1.82) is 0 Å². The number of halogens is 2. The number of amides is 1. The number of ether oxygens (including phenoxy) is 1. The van der Waals surface area contributed by atoms with Crippen LogP contribution in [0.15, 0.2) is 48.5 Å². The van der Waals surface area contributed by atoms with Crippen LogP contribution in [0.3, 0.4) is 0 Å². The van der Waals surface area contributed by atoms with Gasteiger partial charge in [0.25, 0.3) is 0 Å². The van der Waals surface area contributed by atoms with Gasteiger partial charge in [0, 0.05) is 17.6 Å². The van der Waals surface area contributed by atoms with Gasteiger partial charge >= 0.3 is 0 Å². The molecule has 1 fully saturated rings. The number of carbonyl (C=O) groups excluding carboxylic acids is 1. The summed E-state index contributed by atoms with van der Waals surface area (Å²) in [6.45, 7) is 6.07. The summed E-state index contributed by atoms with van der Waals surface area (Å²) in [5, 5.41) is 11.4. The van der Waals surface area contributed by atoms with Crippen LogP contribution < -0.4 is 4.74 Å². The number of piperidine rings is 1. The fourth-order valence-electron chi connectivity index (χ4n) is 3.45. The molecule has 2 aromatic carbocycles. The minimum Gasteiger partial charge on any atom is -0.485 e. The van der Waals surface area contributed by atoms with E-state index in [0.717, 1.165) is 5.56 Å². The lowest BCUT2D eigenvalue weighted by atomic mass is 9.81. The zero-order valence-corrected chi connectivity index (χ0v) is 17.0. The standard InChI is InChI=1S/C22H25ClFNO3/c1-21(2,15-7-9-16(23)10-8-15)20(26)25-12-11-22(3,27)19(14-25)28-18-6-4-5-17(24)13-18/h4-10,13,19,27H,11-12,14H2,1-3H3/t19-,22-/m0/s1. The SMILES string of the molecule is CC(C)(C(=O)N1CC[C@](C)(O)[C@@H](Oc2cccc(F)c2)C1)c1ccc(Cl)cc1. The zero-order chi connectivity index (χ0) is 20.5. The van der Waals surface area contributed by atoms with Crippen LogP contribution in [0.1, 0.15) is 32.8 Å². The Hall–Kier alpha value is -2.11. The van der Waals surface area contributed by atoms with Crippen molar-refractivity contribution in [3.05, 3.63) is 64.9 Å². The minimum absolute atomic E-state index is 0.0573. The minimum atomic E-state index is -1.12. The van der Waals surface area contributed by atoms with E-state index < -0.39 is 22.9 Å². The lowest BCUT2D eigenvalue weighted by Crippen LogP contribution is -2.59. The first-order valence-corrected chi connectivity index (χ1v) is 9.67. The summed E-state index contributed by atoms with van der Waals surface area (Å²) >= 11 is 5.96. The number of nitrogens with zero attached hydrogens (tertiary/aromatic N) is 1. The van der Waals surface area contributed by atoms with E-state index in [9.17, 15) is 14.3 Å². The van der Waals surface area contributed by atoms with E-state index in [0.29, 0.717) is 23.7 Å². The summed E-state index contributed by atoms with van der Waals surface area (Å²) < 4.78 is 19.3. The Bertz CT molecular complexity index is 851. The highest BCUT2D eigenvalue weighted by Crippen LogP contribution is 2.32. The molecule has 4 nitrogen and oxygen atoms in total. The van der Waals surface area contributed by atoms with Gasteiger partial charge in [-0.3, -0.25) is 4.79 Å². The zero-order valence-electron chi connectivity index (χ0n) is 16.3. The Balaban J connectivity index is 1.79. The Labute approximate surface area is 169 Å². The summed E-state index contributed by atoms with van der Waals surface area (Å²) in [5.41, 5.74) is -1.01. The second-order valence-corrected chi connectivity index (χ2v) is 8.49. The predicted octanol–water partition coefficient (Wildman–Crippen LogP) is 4.19. The molecule has 1 heterocycles. The normalized spacial score (nSPS) is 22.8. The van der Waals surface area contributed by atoms with Crippen LogP contribution in [0.4, 0.5) is 4.39 Å². The number of benzene rings is 2. The lowest BCUT2D eigenvalue weighted by molar-refractivity contribution is -0.148. The maximum atomic E-state index is 13.5. The van der Waals surface area contributed by atoms with Gasteiger partial charge < -0.3 is 14.7 Å². The maximum absolute atomic E-state index is 13.5. The third-order valence-electron chi connectivity index (χ3n) is 5.43. The van der Waals surface area contributed by atoms with Gasteiger partial charge in [0.05, 0.1) is 12.0 Å². The Morgan fingerprint density at radius 3 is 2.61 bits per heavy atom. The van der Waals surface area contributed by atoms with Crippen molar-refractivity contribution in [2.45, 2.75) is 44.3 Å². The fourth-order valence-corrected chi connectivity index (χ4v) is 3.57. The third-order valence-corrected chi connectivity index (χ3v) is 5.68. The van der Waals surface area contributed by atoms with E-state index >= 15 is 0 Å². The first kappa shape index (κ1) is 20.6. The van der Waals surface area contributed by atoms with E-state index in [-0.39, 0.29) is 12.5 Å². The number of aliphatic hydroxyl groups is 1. The molecule has 0 saturated carbocycles. The molecule has 0 aromatic heterocycles. The number of likely N-dealkylation sites (tertiary alicyclic amines) is 1. The molecule has 2 atom stereocenters. The first-order valence-electron chi connectivity index (χ1n) is 9.29. The molecule has 0 bridgehead atoms. The first-order chi connectivity index (χ1) is 13.1. The number of carbonyl (C=O) groups is 1. The van der Waals surface area contributed by atoms with Crippen molar-refractivity contribution < 1.29 is 19.0 Å². The van der Waals surface area contributed by atoms with Crippen LogP contribution in [-0.2, 0) is 10.2 Å². The molecule has 6 heteroatoms. The van der Waals surface area contributed by atoms with Crippen molar-refractivity contribution in [2.24, 2.45) is 0 Å². The van der Waals surface area contributed by atoms with Crippen molar-refractivity contribution in [3.63, 3.8) is 0 Å². The van der Waals surface area contributed by atoms with Crippen molar-refractivity contribution in [1.82, 2.24) is 4.90 Å². The van der Waals surface area contributed by atoms with Gasteiger partial charge in [-0.15, -0.1) is 0 Å². The molecule has 0 spiro atoms. The number of hydrogen-bond donors (Lipinski definition) is 1. The van der Waals surface area contributed by atoms with Crippen LogP contribution in [-0.4, -0.2) is 40.7 Å². The molecule has 0 unspecified atom stereocenters. The quantitative estimate of drug-likeness (QED) is 0.829. The average Bonchev–Trinajstić information content (AvgIpc) is 2.63. The topological polar surface area (TPSA) is 49.8 Å². The summed E-state index contributed by atoms with van der Waals surface area (Å²) in [6, 6.07) is 13.0. The molecule has 2 aromatic rings. The summed E-state index contributed by atoms with van der Waals surface area (Å²) in [7, 11) is 0. The Morgan fingerprint density at radius 1 is 1.29 bits per heavy atom. The molecular weight excluding hydrogens is 381 g/mol. The fraction of sp³-hybridized carbons (Fsp3) is 0.409. The maximum Gasteiger partial charge on any atom is 0.232 e. The van der Waals surface area contributed by atoms with Gasteiger partial charge in [-0.2, -0.15) is 0 Å². The molecule has 1 saturated heterocycles. The molecular formula is C22H25ClFNO3. The van der Waals surface area contributed by atoms with Crippen LogP contribution in [0.5, 0.6) is 5.75 Å². The van der Waals surface area contributed by atoms with Gasteiger partial charge in [-0.25, -0.2) is 4.39 Å². The highest BCUT2D eigenvalue weighted by atomic mass is 35.5. The molecule has 0 radical (unpaired) electrons. The molecule has 1 N–H and O–H groups in total. The second kappa shape index (κ2) is 7.72. The smallest absolute Gasteiger partial charge is 0.232 e. The summed E-state index contributed by atoms with van der Waals surface area (Å²) in [4.78, 5) is 15.0. The molecule has 1 amide bonds. The molecule has 0 aliphatic carbocycles. The van der Waals surface area contributed by atoms with Crippen LogP contribution in [0.2, 0.25) is 5.02 Å². The van der Waals surface area contributed by atoms with Crippen LogP contribution in [0, 0.1) is 5.82 Å². The van der Waals surface area contributed by atoms with E-state index in [2.05, 4.69) is 0 Å². The van der Waals surface area contributed by atoms with Gasteiger partial charge in [-0.1, -0.05) is 29.8 Å². The lowest BCUT2D eigenvalue weighted by Gasteiger charge is -2.44. The van der Waals surface area contributed by atoms with E-state index in [1.807, 2.05) is 26.0 Å². The largest absolute Gasteiger partial charge is 0.485 e. The average molecular weight is 406 g/mol. The molecule has 3 rings (SSSR count). The van der Waals surface area contributed by atoms with Gasteiger partial charge in [-0.05, 0) is 57.0 Å². The molecule has 150 valence electrons. The summed E-state index contributed by atoms with van der Waals surface area (Å²) in [5.74, 6) is -0.139. The van der Waals surface area contributed by atoms with Crippen molar-refractivity contribution in [2.75, 3.05) is 13.1 Å². The predicted molar refractivity (Wildman–Crippen MR) is 107 cm³/mol. The van der Waals surface area contributed by atoms with Gasteiger partial charge in [0.15, 0.2) is 0 Å². The Kier molecular flexibility index (Phi) is 5.69. The molecule has 28 heavy (non-hydrogen) atoms. The summed E-state index contributed by atoms with van der Waals surface area (Å²) in [6.07, 6.45) is -0.289. The Morgan fingerprint density at radius 2 is 1.96 bits per heavy atom. The van der Waals surface area contributed by atoms with Crippen molar-refractivity contribution >= 4 is 17.5 Å². The second-order valence-electron chi connectivity index (χ2n) is 8.05. The number of rotatable bonds is 4. The molecule has 1 aliphatic heterocycles.